The number of carbonyl (C=O) groups excluding carboxylic acids is 1. The van der Waals surface area contributed by atoms with Crippen molar-refractivity contribution in [1.82, 2.24) is 9.78 Å². The number of carbonyl (C=O) groups is 1. The lowest BCUT2D eigenvalue weighted by Gasteiger charge is -2.20. The maximum Gasteiger partial charge on any atom is 0.267 e. The van der Waals surface area contributed by atoms with E-state index < -0.39 is 6.04 Å². The van der Waals surface area contributed by atoms with Gasteiger partial charge in [-0.25, -0.2) is 4.68 Å². The van der Waals surface area contributed by atoms with Crippen LogP contribution in [0.15, 0.2) is 65.5 Å². The Labute approximate surface area is 171 Å². The molecule has 1 aromatic heterocycles. The summed E-state index contributed by atoms with van der Waals surface area (Å²) in [5, 5.41) is 7.58. The number of hydrogen-bond donors (Lipinski definition) is 1. The average molecular weight is 389 g/mol. The van der Waals surface area contributed by atoms with Gasteiger partial charge in [-0.15, -0.1) is 0 Å². The molecular formula is C24H27N3O2. The van der Waals surface area contributed by atoms with Gasteiger partial charge in [-0.3, -0.25) is 9.59 Å². The normalized spacial score (nSPS) is 11.8. The molecule has 1 amide bonds. The second-order valence-electron chi connectivity index (χ2n) is 6.94. The highest BCUT2D eigenvalue weighted by atomic mass is 16.2. The minimum Gasteiger partial charge on any atom is -0.324 e. The number of nitrogens with zero attached hydrogens (tertiary/aromatic N) is 2. The first kappa shape index (κ1) is 20.5. The molecule has 5 nitrogen and oxygen atoms in total. The van der Waals surface area contributed by atoms with Crippen LogP contribution >= 0.6 is 0 Å². The van der Waals surface area contributed by atoms with Gasteiger partial charge in [-0.05, 0) is 36.5 Å². The van der Waals surface area contributed by atoms with E-state index in [2.05, 4.69) is 24.3 Å². The summed E-state index contributed by atoms with van der Waals surface area (Å²) in [5.41, 5.74) is 4.32. The van der Waals surface area contributed by atoms with Crippen LogP contribution < -0.4 is 10.9 Å². The summed E-state index contributed by atoms with van der Waals surface area (Å²) in [5.74, 6) is -0.220. The summed E-state index contributed by atoms with van der Waals surface area (Å²) < 4.78 is 1.30. The summed E-state index contributed by atoms with van der Waals surface area (Å²) >= 11 is 0. The smallest absolute Gasteiger partial charge is 0.267 e. The van der Waals surface area contributed by atoms with Gasteiger partial charge in [-0.2, -0.15) is 5.10 Å². The minimum atomic E-state index is -0.680. The molecule has 0 aliphatic rings. The third-order valence-corrected chi connectivity index (χ3v) is 5.13. The van der Waals surface area contributed by atoms with E-state index >= 15 is 0 Å². The van der Waals surface area contributed by atoms with Crippen LogP contribution in [-0.2, 0) is 17.6 Å². The maximum atomic E-state index is 13.2. The highest BCUT2D eigenvalue weighted by Gasteiger charge is 2.23. The number of rotatable bonds is 7. The monoisotopic (exact) mass is 389 g/mol. The molecule has 0 spiro atoms. The number of hydrogen-bond acceptors (Lipinski definition) is 3. The zero-order chi connectivity index (χ0) is 20.8. The molecule has 3 aromatic rings. The Kier molecular flexibility index (Phi) is 6.60. The highest BCUT2D eigenvalue weighted by Crippen LogP contribution is 2.24. The quantitative estimate of drug-likeness (QED) is 0.641. The minimum absolute atomic E-state index is 0.220. The Morgan fingerprint density at radius 1 is 0.931 bits per heavy atom. The van der Waals surface area contributed by atoms with E-state index in [-0.39, 0.29) is 11.5 Å². The van der Waals surface area contributed by atoms with E-state index in [1.807, 2.05) is 55.5 Å². The second-order valence-corrected chi connectivity index (χ2v) is 6.94. The molecule has 0 saturated carbocycles. The van der Waals surface area contributed by atoms with Crippen LogP contribution in [0, 0.1) is 0 Å². The van der Waals surface area contributed by atoms with Crippen LogP contribution in [0.5, 0.6) is 0 Å². The number of aryl methyl sites for hydroxylation is 2. The molecule has 0 saturated heterocycles. The Bertz CT molecular complexity index is 1020. The Hall–Kier alpha value is -3.21. The lowest BCUT2D eigenvalue weighted by Crippen LogP contribution is -2.35. The van der Waals surface area contributed by atoms with Gasteiger partial charge >= 0.3 is 0 Å². The lowest BCUT2D eigenvalue weighted by atomic mass is 10.0. The van der Waals surface area contributed by atoms with E-state index in [9.17, 15) is 9.59 Å². The van der Waals surface area contributed by atoms with Crippen molar-refractivity contribution in [2.45, 2.75) is 46.1 Å². The Morgan fingerprint density at radius 3 is 2.17 bits per heavy atom. The van der Waals surface area contributed by atoms with Crippen molar-refractivity contribution in [2.24, 2.45) is 0 Å². The molecule has 0 fully saturated rings. The third kappa shape index (κ3) is 4.45. The molecule has 0 bridgehead atoms. The molecule has 0 aliphatic carbocycles. The molecular weight excluding hydrogens is 362 g/mol. The molecule has 0 radical (unpaired) electrons. The van der Waals surface area contributed by atoms with Crippen LogP contribution in [0.3, 0.4) is 0 Å². The summed E-state index contributed by atoms with van der Waals surface area (Å²) in [6, 6.07) is 18.2. The molecule has 1 N–H and O–H groups in total. The predicted octanol–water partition coefficient (Wildman–Crippen LogP) is 4.62. The molecule has 1 heterocycles. The first-order valence-electron chi connectivity index (χ1n) is 10.2. The molecule has 2 aromatic carbocycles. The van der Waals surface area contributed by atoms with E-state index in [0.717, 1.165) is 35.2 Å². The largest absolute Gasteiger partial charge is 0.324 e. The number of benzene rings is 2. The van der Waals surface area contributed by atoms with Crippen molar-refractivity contribution in [3.8, 4) is 11.3 Å². The number of aromatic nitrogens is 2. The van der Waals surface area contributed by atoms with Crippen molar-refractivity contribution < 1.29 is 4.79 Å². The zero-order valence-corrected chi connectivity index (χ0v) is 17.2. The Balaban J connectivity index is 1.96. The topological polar surface area (TPSA) is 64.0 Å². The van der Waals surface area contributed by atoms with E-state index in [0.29, 0.717) is 12.1 Å². The summed E-state index contributed by atoms with van der Waals surface area (Å²) in [6.07, 6.45) is 2.11. The molecule has 1 atom stereocenters. The maximum absolute atomic E-state index is 13.2. The molecule has 5 heteroatoms. The first-order chi connectivity index (χ1) is 14.1. The van der Waals surface area contributed by atoms with Crippen LogP contribution in [0.2, 0.25) is 0 Å². The van der Waals surface area contributed by atoms with Crippen molar-refractivity contribution in [2.75, 3.05) is 5.32 Å². The molecule has 150 valence electrons. The summed E-state index contributed by atoms with van der Waals surface area (Å²) in [4.78, 5) is 25.7. The molecule has 0 aliphatic heterocycles. The highest BCUT2D eigenvalue weighted by molar-refractivity contribution is 5.95. The van der Waals surface area contributed by atoms with E-state index in [4.69, 9.17) is 0 Å². The summed E-state index contributed by atoms with van der Waals surface area (Å²) in [7, 11) is 0. The predicted molar refractivity (Wildman–Crippen MR) is 117 cm³/mol. The number of anilines is 1. The van der Waals surface area contributed by atoms with Gasteiger partial charge in [0.15, 0.2) is 0 Å². The van der Waals surface area contributed by atoms with Crippen LogP contribution in [0.4, 0.5) is 5.69 Å². The number of nitrogens with one attached hydrogen (secondary N) is 1. The molecule has 0 unspecified atom stereocenters. The van der Waals surface area contributed by atoms with Crippen LogP contribution in [0.25, 0.3) is 11.3 Å². The molecule has 3 rings (SSSR count). The fourth-order valence-corrected chi connectivity index (χ4v) is 3.49. The zero-order valence-electron chi connectivity index (χ0n) is 17.2. The van der Waals surface area contributed by atoms with E-state index in [1.54, 1.807) is 6.07 Å². The summed E-state index contributed by atoms with van der Waals surface area (Å²) in [6.45, 7) is 6.02. The fraction of sp³-hybridized carbons (Fsp3) is 0.292. The number of amides is 1. The third-order valence-electron chi connectivity index (χ3n) is 5.13. The van der Waals surface area contributed by atoms with Gasteiger partial charge in [0.1, 0.15) is 6.04 Å². The fourth-order valence-electron chi connectivity index (χ4n) is 3.49. The van der Waals surface area contributed by atoms with Crippen molar-refractivity contribution >= 4 is 11.6 Å². The van der Waals surface area contributed by atoms with Crippen LogP contribution in [-0.4, -0.2) is 15.7 Å². The molecule has 29 heavy (non-hydrogen) atoms. The van der Waals surface area contributed by atoms with Gasteiger partial charge in [-0.1, -0.05) is 69.3 Å². The van der Waals surface area contributed by atoms with Gasteiger partial charge < -0.3 is 5.32 Å². The Morgan fingerprint density at radius 2 is 1.59 bits per heavy atom. The van der Waals surface area contributed by atoms with Crippen molar-refractivity contribution in [3.63, 3.8) is 0 Å². The standard InChI is InChI=1S/C24H27N3O2/c1-4-17-13-10-14-18(5-2)23(17)25-24(29)21(6-3)27-22(28)16-15-20(26-27)19-11-8-7-9-12-19/h7-16,21H,4-6H2,1-3H3,(H,25,29)/t21-/m0/s1. The van der Waals surface area contributed by atoms with Gasteiger partial charge in [0.25, 0.3) is 5.56 Å². The van der Waals surface area contributed by atoms with Crippen molar-refractivity contribution in [1.29, 1.82) is 0 Å². The SMILES string of the molecule is CCc1cccc(CC)c1NC(=O)[C@H](CC)n1nc(-c2ccccc2)ccc1=O. The van der Waals surface area contributed by atoms with Gasteiger partial charge in [0.2, 0.25) is 5.91 Å². The lowest BCUT2D eigenvalue weighted by molar-refractivity contribution is -0.119. The van der Waals surface area contributed by atoms with Crippen LogP contribution in [0.1, 0.15) is 44.4 Å². The second kappa shape index (κ2) is 9.32. The van der Waals surface area contributed by atoms with Gasteiger partial charge in [0, 0.05) is 17.3 Å². The number of para-hydroxylation sites is 1. The van der Waals surface area contributed by atoms with E-state index in [1.165, 1.54) is 10.7 Å². The average Bonchev–Trinajstić information content (AvgIpc) is 2.76. The van der Waals surface area contributed by atoms with Gasteiger partial charge in [0.05, 0.1) is 5.69 Å². The first-order valence-corrected chi connectivity index (χ1v) is 10.2. The van der Waals surface area contributed by atoms with Crippen molar-refractivity contribution in [3.05, 3.63) is 82.1 Å².